The van der Waals surface area contributed by atoms with Crippen LogP contribution in [-0.2, 0) is 13.1 Å². The molecule has 0 fully saturated rings. The van der Waals surface area contributed by atoms with Gasteiger partial charge in [0.1, 0.15) is 18.0 Å². The highest BCUT2D eigenvalue weighted by molar-refractivity contribution is 5.49. The lowest BCUT2D eigenvalue weighted by atomic mass is 10.2. The molecule has 3 aromatic rings. The molecule has 0 aliphatic rings. The molecule has 1 heterocycles. The Bertz CT molecular complexity index is 871. The van der Waals surface area contributed by atoms with Gasteiger partial charge >= 0.3 is 0 Å². The van der Waals surface area contributed by atoms with Gasteiger partial charge in [-0.3, -0.25) is 0 Å². The molecule has 27 heavy (non-hydrogen) atoms. The Morgan fingerprint density at radius 3 is 2.41 bits per heavy atom. The van der Waals surface area contributed by atoms with Crippen LogP contribution in [0, 0.1) is 0 Å². The van der Waals surface area contributed by atoms with E-state index in [0.29, 0.717) is 18.0 Å². The van der Waals surface area contributed by atoms with Crippen molar-refractivity contribution in [3.05, 3.63) is 72.1 Å². The quantitative estimate of drug-likeness (QED) is 0.657. The molecule has 0 bridgehead atoms. The molecule has 1 N–H and O–H groups in total. The van der Waals surface area contributed by atoms with Gasteiger partial charge in [-0.25, -0.2) is 9.97 Å². The van der Waals surface area contributed by atoms with Gasteiger partial charge in [0, 0.05) is 26.2 Å². The van der Waals surface area contributed by atoms with E-state index in [2.05, 4.69) is 32.3 Å². The fourth-order valence-corrected chi connectivity index (χ4v) is 2.77. The van der Waals surface area contributed by atoms with Crippen molar-refractivity contribution >= 4 is 11.6 Å². The van der Waals surface area contributed by atoms with E-state index in [1.807, 2.05) is 49.5 Å². The molecule has 0 aliphatic heterocycles. The predicted molar refractivity (Wildman–Crippen MR) is 107 cm³/mol. The minimum atomic E-state index is 0.624. The van der Waals surface area contributed by atoms with Gasteiger partial charge in [-0.2, -0.15) is 0 Å². The fraction of sp³-hybridized carbons (Fsp3) is 0.238. The minimum Gasteiger partial charge on any atom is -0.493 e. The summed E-state index contributed by atoms with van der Waals surface area (Å²) in [6.07, 6.45) is 1.58. The van der Waals surface area contributed by atoms with E-state index in [9.17, 15) is 0 Å². The Balaban J connectivity index is 1.65. The third kappa shape index (κ3) is 4.88. The van der Waals surface area contributed by atoms with Gasteiger partial charge in [0.2, 0.25) is 0 Å². The van der Waals surface area contributed by atoms with E-state index < -0.39 is 0 Å². The summed E-state index contributed by atoms with van der Waals surface area (Å²) in [5.41, 5.74) is 2.31. The average molecular weight is 364 g/mol. The zero-order chi connectivity index (χ0) is 19.1. The molecule has 0 atom stereocenters. The van der Waals surface area contributed by atoms with Crippen LogP contribution < -0.4 is 19.7 Å². The maximum absolute atomic E-state index is 5.35. The van der Waals surface area contributed by atoms with Crippen molar-refractivity contribution in [1.82, 2.24) is 9.97 Å². The maximum Gasteiger partial charge on any atom is 0.161 e. The maximum atomic E-state index is 5.35. The monoisotopic (exact) mass is 364 g/mol. The van der Waals surface area contributed by atoms with Crippen LogP contribution in [0.1, 0.15) is 11.1 Å². The number of nitrogens with one attached hydrogen (secondary N) is 1. The first kappa shape index (κ1) is 18.5. The number of benzene rings is 2. The largest absolute Gasteiger partial charge is 0.493 e. The second kappa shape index (κ2) is 8.89. The normalized spacial score (nSPS) is 10.3. The Kier molecular flexibility index (Phi) is 6.10. The van der Waals surface area contributed by atoms with E-state index in [-0.39, 0.29) is 0 Å². The van der Waals surface area contributed by atoms with Gasteiger partial charge in [0.25, 0.3) is 0 Å². The topological polar surface area (TPSA) is 59.5 Å². The van der Waals surface area contributed by atoms with Crippen molar-refractivity contribution in [2.24, 2.45) is 0 Å². The van der Waals surface area contributed by atoms with Gasteiger partial charge in [0.05, 0.1) is 14.2 Å². The summed E-state index contributed by atoms with van der Waals surface area (Å²) in [5, 5.41) is 3.33. The molecular weight excluding hydrogens is 340 g/mol. The Labute approximate surface area is 159 Å². The summed E-state index contributed by atoms with van der Waals surface area (Å²) in [6, 6.07) is 18.1. The lowest BCUT2D eigenvalue weighted by Gasteiger charge is -2.18. The molecule has 6 heteroatoms. The van der Waals surface area contributed by atoms with E-state index in [1.165, 1.54) is 5.56 Å². The zero-order valence-corrected chi connectivity index (χ0v) is 15.8. The van der Waals surface area contributed by atoms with Crippen LogP contribution in [0.3, 0.4) is 0 Å². The highest BCUT2D eigenvalue weighted by Crippen LogP contribution is 2.27. The fourth-order valence-electron chi connectivity index (χ4n) is 2.77. The lowest BCUT2D eigenvalue weighted by molar-refractivity contribution is 0.354. The molecule has 0 saturated heterocycles. The minimum absolute atomic E-state index is 0.624. The lowest BCUT2D eigenvalue weighted by Crippen LogP contribution is -2.18. The van der Waals surface area contributed by atoms with Gasteiger partial charge in [0.15, 0.2) is 11.5 Å². The van der Waals surface area contributed by atoms with E-state index >= 15 is 0 Å². The number of anilines is 2. The van der Waals surface area contributed by atoms with Crippen LogP contribution >= 0.6 is 0 Å². The highest BCUT2D eigenvalue weighted by Gasteiger charge is 2.07. The number of methoxy groups -OCH3 is 2. The third-order valence-corrected chi connectivity index (χ3v) is 4.23. The van der Waals surface area contributed by atoms with Crippen molar-refractivity contribution < 1.29 is 9.47 Å². The van der Waals surface area contributed by atoms with Crippen molar-refractivity contribution in [2.45, 2.75) is 13.1 Å². The molecule has 0 aliphatic carbocycles. The number of nitrogens with zero attached hydrogens (tertiary/aromatic N) is 3. The van der Waals surface area contributed by atoms with Crippen molar-refractivity contribution in [3.63, 3.8) is 0 Å². The summed E-state index contributed by atoms with van der Waals surface area (Å²) < 4.78 is 10.6. The molecule has 1 aromatic heterocycles. The molecule has 3 rings (SSSR count). The van der Waals surface area contributed by atoms with E-state index in [0.717, 1.165) is 23.7 Å². The third-order valence-electron chi connectivity index (χ3n) is 4.23. The predicted octanol–water partition coefficient (Wildman–Crippen LogP) is 3.74. The summed E-state index contributed by atoms with van der Waals surface area (Å²) in [6.45, 7) is 1.41. The van der Waals surface area contributed by atoms with Crippen molar-refractivity contribution in [1.29, 1.82) is 0 Å². The molecule has 6 nitrogen and oxygen atoms in total. The summed E-state index contributed by atoms with van der Waals surface area (Å²) >= 11 is 0. The van der Waals surface area contributed by atoms with Crippen LogP contribution in [0.15, 0.2) is 60.9 Å². The molecule has 0 spiro atoms. The standard InChI is InChI=1S/C21H24N4O2/c1-25(14-16-7-5-4-6-8-16)21-12-20(23-15-24-21)22-13-17-9-10-18(26-2)19(11-17)27-3/h4-12,15H,13-14H2,1-3H3,(H,22,23,24). The first-order valence-corrected chi connectivity index (χ1v) is 8.71. The number of hydrogen-bond acceptors (Lipinski definition) is 6. The number of aromatic nitrogens is 2. The molecule has 0 amide bonds. The highest BCUT2D eigenvalue weighted by atomic mass is 16.5. The number of ether oxygens (including phenoxy) is 2. The molecular formula is C21H24N4O2. The summed E-state index contributed by atoms with van der Waals surface area (Å²) in [7, 11) is 5.28. The van der Waals surface area contributed by atoms with Crippen LogP contribution in [0.2, 0.25) is 0 Å². The number of rotatable bonds is 8. The van der Waals surface area contributed by atoms with Gasteiger partial charge < -0.3 is 19.7 Å². The SMILES string of the molecule is COc1ccc(CNc2cc(N(C)Cc3ccccc3)ncn2)cc1OC. The van der Waals surface area contributed by atoms with E-state index in [4.69, 9.17) is 9.47 Å². The second-order valence-corrected chi connectivity index (χ2v) is 6.15. The smallest absolute Gasteiger partial charge is 0.161 e. The molecule has 0 unspecified atom stereocenters. The van der Waals surface area contributed by atoms with Gasteiger partial charge in [-0.15, -0.1) is 0 Å². The van der Waals surface area contributed by atoms with Crippen LogP contribution in [0.5, 0.6) is 11.5 Å². The van der Waals surface area contributed by atoms with Crippen molar-refractivity contribution in [2.75, 3.05) is 31.5 Å². The molecule has 0 radical (unpaired) electrons. The van der Waals surface area contributed by atoms with Crippen LogP contribution in [0.4, 0.5) is 11.6 Å². The van der Waals surface area contributed by atoms with E-state index in [1.54, 1.807) is 20.5 Å². The Morgan fingerprint density at radius 2 is 1.67 bits per heavy atom. The van der Waals surface area contributed by atoms with Gasteiger partial charge in [-0.05, 0) is 23.3 Å². The number of hydrogen-bond donors (Lipinski definition) is 1. The van der Waals surface area contributed by atoms with Gasteiger partial charge in [-0.1, -0.05) is 36.4 Å². The summed E-state index contributed by atoms with van der Waals surface area (Å²) in [5.74, 6) is 3.06. The Morgan fingerprint density at radius 1 is 0.889 bits per heavy atom. The Hall–Kier alpha value is -3.28. The average Bonchev–Trinajstić information content (AvgIpc) is 2.73. The second-order valence-electron chi connectivity index (χ2n) is 6.15. The first-order valence-electron chi connectivity index (χ1n) is 8.71. The zero-order valence-electron chi connectivity index (χ0n) is 15.8. The molecule has 0 saturated carbocycles. The van der Waals surface area contributed by atoms with Crippen LogP contribution in [0.25, 0.3) is 0 Å². The van der Waals surface area contributed by atoms with Crippen LogP contribution in [-0.4, -0.2) is 31.2 Å². The van der Waals surface area contributed by atoms with Crippen molar-refractivity contribution in [3.8, 4) is 11.5 Å². The first-order chi connectivity index (χ1) is 13.2. The molecule has 2 aromatic carbocycles. The summed E-state index contributed by atoms with van der Waals surface area (Å²) in [4.78, 5) is 10.8. The molecule has 140 valence electrons.